The lowest BCUT2D eigenvalue weighted by atomic mass is 10.0. The Morgan fingerprint density at radius 1 is 1.36 bits per heavy atom. The third-order valence-electron chi connectivity index (χ3n) is 3.97. The highest BCUT2D eigenvalue weighted by Gasteiger charge is 2.24. The summed E-state index contributed by atoms with van der Waals surface area (Å²) in [6.45, 7) is 14.6. The van der Waals surface area contributed by atoms with Gasteiger partial charge in [-0.1, -0.05) is 34.1 Å². The first-order valence-corrected chi connectivity index (χ1v) is 8.14. The molecule has 126 valence electrons. The molecule has 0 aromatic carbocycles. The van der Waals surface area contributed by atoms with E-state index in [0.29, 0.717) is 11.6 Å². The molecule has 0 spiro atoms. The molecule has 1 heterocycles. The van der Waals surface area contributed by atoms with Crippen molar-refractivity contribution in [2.75, 3.05) is 6.54 Å². The van der Waals surface area contributed by atoms with Crippen LogP contribution in [0.15, 0.2) is 6.07 Å². The van der Waals surface area contributed by atoms with Crippen molar-refractivity contribution in [2.45, 2.75) is 72.4 Å². The number of carbonyl (C=O) groups is 1. The van der Waals surface area contributed by atoms with E-state index in [1.54, 1.807) is 0 Å². The van der Waals surface area contributed by atoms with Gasteiger partial charge in [0.05, 0.1) is 11.6 Å². The maximum atomic E-state index is 12.3. The number of amides is 1. The number of nitrogens with zero attached hydrogens (tertiary/aromatic N) is 2. The van der Waals surface area contributed by atoms with E-state index in [1.807, 2.05) is 24.6 Å². The van der Waals surface area contributed by atoms with Gasteiger partial charge in [-0.25, -0.2) is 0 Å². The molecule has 1 aromatic rings. The van der Waals surface area contributed by atoms with Crippen molar-refractivity contribution in [2.24, 2.45) is 5.92 Å². The van der Waals surface area contributed by atoms with Crippen LogP contribution in [0.3, 0.4) is 0 Å². The fourth-order valence-electron chi connectivity index (χ4n) is 2.22. The SMILES string of the molecule is CCC(C)C(O)CNC(=O)c1cc(C(C)C)n(C(C)(C)C)n1. The summed E-state index contributed by atoms with van der Waals surface area (Å²) >= 11 is 0. The molecule has 5 heteroatoms. The van der Waals surface area contributed by atoms with Crippen LogP contribution < -0.4 is 5.32 Å². The molecule has 0 bridgehead atoms. The molecule has 1 amide bonds. The standard InChI is InChI=1S/C17H31N3O2/c1-8-12(4)15(21)10-18-16(22)13-9-14(11(2)3)20(19-13)17(5,6)7/h9,11-12,15,21H,8,10H2,1-7H3,(H,18,22). The number of hydrogen-bond acceptors (Lipinski definition) is 3. The summed E-state index contributed by atoms with van der Waals surface area (Å²) in [5.41, 5.74) is 1.28. The van der Waals surface area contributed by atoms with Gasteiger partial charge >= 0.3 is 0 Å². The van der Waals surface area contributed by atoms with Crippen molar-refractivity contribution >= 4 is 5.91 Å². The van der Waals surface area contributed by atoms with E-state index in [0.717, 1.165) is 12.1 Å². The van der Waals surface area contributed by atoms with Crippen LogP contribution in [-0.4, -0.2) is 33.4 Å². The Labute approximate surface area is 134 Å². The molecule has 2 N–H and O–H groups in total. The van der Waals surface area contributed by atoms with Crippen LogP contribution in [0, 0.1) is 5.92 Å². The van der Waals surface area contributed by atoms with Gasteiger partial charge in [0.1, 0.15) is 5.69 Å². The van der Waals surface area contributed by atoms with E-state index in [4.69, 9.17) is 0 Å². The maximum Gasteiger partial charge on any atom is 0.271 e. The average molecular weight is 309 g/mol. The zero-order valence-electron chi connectivity index (χ0n) is 15.0. The van der Waals surface area contributed by atoms with Gasteiger partial charge in [-0.2, -0.15) is 5.10 Å². The summed E-state index contributed by atoms with van der Waals surface area (Å²) in [6.07, 6.45) is 0.357. The van der Waals surface area contributed by atoms with Crippen LogP contribution in [0.1, 0.15) is 77.0 Å². The van der Waals surface area contributed by atoms with Gasteiger partial charge in [-0.15, -0.1) is 0 Å². The lowest BCUT2D eigenvalue weighted by molar-refractivity contribution is 0.0844. The number of aromatic nitrogens is 2. The molecule has 1 rings (SSSR count). The molecule has 0 aliphatic carbocycles. The summed E-state index contributed by atoms with van der Waals surface area (Å²) in [5, 5.41) is 17.2. The minimum Gasteiger partial charge on any atom is -0.391 e. The second kappa shape index (κ2) is 7.27. The van der Waals surface area contributed by atoms with Crippen molar-refractivity contribution in [3.63, 3.8) is 0 Å². The Bertz CT molecular complexity index is 500. The average Bonchev–Trinajstić information content (AvgIpc) is 2.88. The van der Waals surface area contributed by atoms with Crippen LogP contribution in [0.25, 0.3) is 0 Å². The van der Waals surface area contributed by atoms with Crippen LogP contribution in [0.2, 0.25) is 0 Å². The van der Waals surface area contributed by atoms with Crippen molar-refractivity contribution in [1.82, 2.24) is 15.1 Å². The smallest absolute Gasteiger partial charge is 0.271 e. The number of hydrogen-bond donors (Lipinski definition) is 2. The van der Waals surface area contributed by atoms with Gasteiger partial charge in [0.15, 0.2) is 0 Å². The molecule has 2 unspecified atom stereocenters. The Morgan fingerprint density at radius 2 is 1.95 bits per heavy atom. The predicted octanol–water partition coefficient (Wildman–Crippen LogP) is 2.90. The molecular weight excluding hydrogens is 278 g/mol. The molecule has 2 atom stereocenters. The van der Waals surface area contributed by atoms with Gasteiger partial charge in [0.2, 0.25) is 0 Å². The van der Waals surface area contributed by atoms with Gasteiger partial charge in [-0.3, -0.25) is 9.48 Å². The molecule has 0 aliphatic heterocycles. The summed E-state index contributed by atoms with van der Waals surface area (Å²) in [6, 6.07) is 1.85. The second-order valence-electron chi connectivity index (χ2n) is 7.35. The van der Waals surface area contributed by atoms with Gasteiger partial charge < -0.3 is 10.4 Å². The summed E-state index contributed by atoms with van der Waals surface area (Å²) in [7, 11) is 0. The fraction of sp³-hybridized carbons (Fsp3) is 0.765. The van der Waals surface area contributed by atoms with Crippen LogP contribution in [0.5, 0.6) is 0 Å². The third-order valence-corrected chi connectivity index (χ3v) is 3.97. The van der Waals surface area contributed by atoms with Crippen LogP contribution in [-0.2, 0) is 5.54 Å². The van der Waals surface area contributed by atoms with Crippen LogP contribution in [0.4, 0.5) is 0 Å². The second-order valence-corrected chi connectivity index (χ2v) is 7.35. The van der Waals surface area contributed by atoms with Crippen LogP contribution >= 0.6 is 0 Å². The monoisotopic (exact) mass is 309 g/mol. The number of rotatable bonds is 6. The van der Waals surface area contributed by atoms with E-state index < -0.39 is 6.10 Å². The molecule has 22 heavy (non-hydrogen) atoms. The Balaban J connectivity index is 2.87. The van der Waals surface area contributed by atoms with Crippen molar-refractivity contribution in [1.29, 1.82) is 0 Å². The van der Waals surface area contributed by atoms with E-state index in [2.05, 4.69) is 45.0 Å². The van der Waals surface area contributed by atoms with E-state index in [9.17, 15) is 9.90 Å². The first kappa shape index (κ1) is 18.7. The first-order valence-electron chi connectivity index (χ1n) is 8.14. The molecule has 0 saturated carbocycles. The maximum absolute atomic E-state index is 12.3. The molecule has 0 radical (unpaired) electrons. The highest BCUT2D eigenvalue weighted by Crippen LogP contribution is 2.23. The Hall–Kier alpha value is -1.36. The highest BCUT2D eigenvalue weighted by atomic mass is 16.3. The molecule has 1 aromatic heterocycles. The highest BCUT2D eigenvalue weighted by molar-refractivity contribution is 5.92. The van der Waals surface area contributed by atoms with E-state index >= 15 is 0 Å². The lowest BCUT2D eigenvalue weighted by Crippen LogP contribution is -2.35. The van der Waals surface area contributed by atoms with Gasteiger partial charge in [0.25, 0.3) is 5.91 Å². The Kier molecular flexibility index (Phi) is 6.17. The van der Waals surface area contributed by atoms with Gasteiger partial charge in [0, 0.05) is 12.2 Å². The molecule has 0 aliphatic rings. The predicted molar refractivity (Wildman–Crippen MR) is 89.1 cm³/mol. The topological polar surface area (TPSA) is 67.2 Å². The van der Waals surface area contributed by atoms with E-state index in [1.165, 1.54) is 0 Å². The molecule has 5 nitrogen and oxygen atoms in total. The largest absolute Gasteiger partial charge is 0.391 e. The third kappa shape index (κ3) is 4.57. The molecule has 0 fully saturated rings. The van der Waals surface area contributed by atoms with Crippen molar-refractivity contribution in [3.05, 3.63) is 17.5 Å². The quantitative estimate of drug-likeness (QED) is 0.849. The lowest BCUT2D eigenvalue weighted by Gasteiger charge is -2.23. The zero-order valence-corrected chi connectivity index (χ0v) is 15.0. The van der Waals surface area contributed by atoms with Crippen molar-refractivity contribution < 1.29 is 9.90 Å². The molecule has 0 saturated heterocycles. The fourth-order valence-corrected chi connectivity index (χ4v) is 2.22. The minimum absolute atomic E-state index is 0.165. The summed E-state index contributed by atoms with van der Waals surface area (Å²) in [5.74, 6) is 0.227. The summed E-state index contributed by atoms with van der Waals surface area (Å²) in [4.78, 5) is 12.3. The zero-order chi connectivity index (χ0) is 17.1. The van der Waals surface area contributed by atoms with Gasteiger partial charge in [-0.05, 0) is 38.7 Å². The van der Waals surface area contributed by atoms with E-state index in [-0.39, 0.29) is 23.9 Å². The Morgan fingerprint density at radius 3 is 2.36 bits per heavy atom. The van der Waals surface area contributed by atoms with Crippen molar-refractivity contribution in [3.8, 4) is 0 Å². The summed E-state index contributed by atoms with van der Waals surface area (Å²) < 4.78 is 1.91. The molecular formula is C17H31N3O2. The normalized spacial score (nSPS) is 15.0. The minimum atomic E-state index is -0.525. The number of aliphatic hydroxyl groups excluding tert-OH is 1. The first-order chi connectivity index (χ1) is 10.1. The number of nitrogens with one attached hydrogen (secondary N) is 1. The number of aliphatic hydroxyl groups is 1. The number of carbonyl (C=O) groups excluding carboxylic acids is 1.